The van der Waals surface area contributed by atoms with Crippen LogP contribution in [0.5, 0.6) is 5.75 Å². The number of halogens is 1. The fourth-order valence-electron chi connectivity index (χ4n) is 1.96. The van der Waals surface area contributed by atoms with E-state index >= 15 is 0 Å². The summed E-state index contributed by atoms with van der Waals surface area (Å²) in [5.41, 5.74) is 2.31. The number of para-hydroxylation sites is 1. The van der Waals surface area contributed by atoms with Crippen LogP contribution in [0.15, 0.2) is 46.9 Å². The minimum Gasteiger partial charge on any atom is -0.493 e. The molecule has 0 N–H and O–H groups in total. The Hall–Kier alpha value is -1.61. The van der Waals surface area contributed by atoms with Crippen molar-refractivity contribution in [3.63, 3.8) is 0 Å². The first-order valence-electron chi connectivity index (χ1n) is 6.15. The van der Waals surface area contributed by atoms with E-state index in [9.17, 15) is 4.79 Å². The zero-order valence-corrected chi connectivity index (χ0v) is 12.5. The molecule has 0 fully saturated rings. The molecule has 0 aliphatic carbocycles. The molecule has 0 radical (unpaired) electrons. The predicted octanol–water partition coefficient (Wildman–Crippen LogP) is 4.39. The topological polar surface area (TPSA) is 26.3 Å². The first-order chi connectivity index (χ1) is 9.11. The molecule has 0 bridgehead atoms. The van der Waals surface area contributed by atoms with Crippen LogP contribution in [0.4, 0.5) is 0 Å². The summed E-state index contributed by atoms with van der Waals surface area (Å²) in [7, 11) is 0. The third kappa shape index (κ3) is 3.24. The second-order valence-electron chi connectivity index (χ2n) is 4.28. The average molecular weight is 319 g/mol. The highest BCUT2D eigenvalue weighted by Gasteiger charge is 2.14. The highest BCUT2D eigenvalue weighted by atomic mass is 79.9. The molecule has 0 aliphatic rings. The van der Waals surface area contributed by atoms with Gasteiger partial charge < -0.3 is 4.74 Å². The maximum Gasteiger partial charge on any atom is 0.196 e. The Morgan fingerprint density at radius 3 is 2.63 bits per heavy atom. The maximum atomic E-state index is 12.5. The molecule has 0 aliphatic heterocycles. The molecular weight excluding hydrogens is 304 g/mol. The van der Waals surface area contributed by atoms with Crippen molar-refractivity contribution in [3.05, 3.63) is 63.6 Å². The van der Waals surface area contributed by atoms with Gasteiger partial charge in [0.1, 0.15) is 5.75 Å². The Morgan fingerprint density at radius 1 is 1.21 bits per heavy atom. The number of carbonyl (C=O) groups excluding carboxylic acids is 1. The van der Waals surface area contributed by atoms with Gasteiger partial charge in [-0.25, -0.2) is 0 Å². The van der Waals surface area contributed by atoms with Crippen LogP contribution in [0.2, 0.25) is 0 Å². The lowest BCUT2D eigenvalue weighted by atomic mass is 10.0. The van der Waals surface area contributed by atoms with Crippen LogP contribution in [-0.2, 0) is 0 Å². The Bertz CT molecular complexity index is 585. The highest BCUT2D eigenvalue weighted by molar-refractivity contribution is 9.10. The summed E-state index contributed by atoms with van der Waals surface area (Å²) in [5, 5.41) is 0. The third-order valence-electron chi connectivity index (χ3n) is 2.74. The summed E-state index contributed by atoms with van der Waals surface area (Å²) in [6.07, 6.45) is 0. The van der Waals surface area contributed by atoms with Crippen molar-refractivity contribution in [2.75, 3.05) is 6.61 Å². The molecule has 0 unspecified atom stereocenters. The number of hydrogen-bond acceptors (Lipinski definition) is 2. The minimum atomic E-state index is -0.0200. The van der Waals surface area contributed by atoms with Crippen molar-refractivity contribution in [3.8, 4) is 5.75 Å². The molecule has 0 saturated carbocycles. The molecule has 0 heterocycles. The first kappa shape index (κ1) is 13.8. The van der Waals surface area contributed by atoms with Gasteiger partial charge in [0.2, 0.25) is 0 Å². The standard InChI is InChI=1S/C16H15BrO2/c1-3-19-15-7-5-4-6-14(15)16(18)12-8-11(2)9-13(17)10-12/h4-10H,3H2,1-2H3. The highest BCUT2D eigenvalue weighted by Crippen LogP contribution is 2.24. The molecule has 0 saturated heterocycles. The maximum absolute atomic E-state index is 12.5. The number of aryl methyl sites for hydroxylation is 1. The lowest BCUT2D eigenvalue weighted by molar-refractivity contribution is 0.103. The fraction of sp³-hybridized carbons (Fsp3) is 0.188. The van der Waals surface area contributed by atoms with Gasteiger partial charge in [0.25, 0.3) is 0 Å². The van der Waals surface area contributed by atoms with Gasteiger partial charge in [-0.05, 0) is 49.7 Å². The third-order valence-corrected chi connectivity index (χ3v) is 3.19. The lowest BCUT2D eigenvalue weighted by Crippen LogP contribution is -2.05. The fourth-order valence-corrected chi connectivity index (χ4v) is 2.57. The summed E-state index contributed by atoms with van der Waals surface area (Å²) >= 11 is 3.42. The monoisotopic (exact) mass is 318 g/mol. The van der Waals surface area contributed by atoms with Crippen LogP contribution in [0, 0.1) is 6.92 Å². The molecule has 0 amide bonds. The molecule has 0 aromatic heterocycles. The van der Waals surface area contributed by atoms with E-state index in [1.165, 1.54) is 0 Å². The smallest absolute Gasteiger partial charge is 0.196 e. The van der Waals surface area contributed by atoms with Crippen molar-refractivity contribution < 1.29 is 9.53 Å². The van der Waals surface area contributed by atoms with Gasteiger partial charge in [-0.1, -0.05) is 28.1 Å². The van der Waals surface area contributed by atoms with Gasteiger partial charge in [-0.3, -0.25) is 4.79 Å². The number of ether oxygens (including phenoxy) is 1. The number of carbonyl (C=O) groups is 1. The molecular formula is C16H15BrO2. The van der Waals surface area contributed by atoms with Crippen LogP contribution >= 0.6 is 15.9 Å². The van der Waals surface area contributed by atoms with E-state index in [-0.39, 0.29) is 5.78 Å². The van der Waals surface area contributed by atoms with Crippen molar-refractivity contribution >= 4 is 21.7 Å². The summed E-state index contributed by atoms with van der Waals surface area (Å²) < 4.78 is 6.41. The molecule has 2 nitrogen and oxygen atoms in total. The van der Waals surface area contributed by atoms with Crippen molar-refractivity contribution in [1.29, 1.82) is 0 Å². The first-order valence-corrected chi connectivity index (χ1v) is 6.95. The Morgan fingerprint density at radius 2 is 1.95 bits per heavy atom. The van der Waals surface area contributed by atoms with Gasteiger partial charge in [0.05, 0.1) is 12.2 Å². The second kappa shape index (κ2) is 6.02. The van der Waals surface area contributed by atoms with Crippen LogP contribution in [0.3, 0.4) is 0 Å². The molecule has 2 aromatic carbocycles. The van der Waals surface area contributed by atoms with E-state index in [0.717, 1.165) is 10.0 Å². The number of hydrogen-bond donors (Lipinski definition) is 0. The normalized spacial score (nSPS) is 10.3. The van der Waals surface area contributed by atoms with Gasteiger partial charge in [0.15, 0.2) is 5.78 Å². The summed E-state index contributed by atoms with van der Waals surface area (Å²) in [6, 6.07) is 13.0. The Balaban J connectivity index is 2.44. The van der Waals surface area contributed by atoms with Gasteiger partial charge in [-0.2, -0.15) is 0 Å². The molecule has 2 rings (SSSR count). The van der Waals surface area contributed by atoms with Crippen molar-refractivity contribution in [2.45, 2.75) is 13.8 Å². The zero-order chi connectivity index (χ0) is 13.8. The van der Waals surface area contributed by atoms with Gasteiger partial charge >= 0.3 is 0 Å². The van der Waals surface area contributed by atoms with Crippen LogP contribution < -0.4 is 4.74 Å². The SMILES string of the molecule is CCOc1ccccc1C(=O)c1cc(C)cc(Br)c1. The zero-order valence-electron chi connectivity index (χ0n) is 10.9. The summed E-state index contributed by atoms with van der Waals surface area (Å²) in [6.45, 7) is 4.42. The molecule has 0 spiro atoms. The molecule has 98 valence electrons. The number of rotatable bonds is 4. The lowest BCUT2D eigenvalue weighted by Gasteiger charge is -2.09. The molecule has 0 atom stereocenters. The van der Waals surface area contributed by atoms with Gasteiger partial charge in [0, 0.05) is 10.0 Å². The van der Waals surface area contributed by atoms with Crippen molar-refractivity contribution in [1.82, 2.24) is 0 Å². The Labute approximate surface area is 121 Å². The van der Waals surface area contributed by atoms with Crippen molar-refractivity contribution in [2.24, 2.45) is 0 Å². The largest absolute Gasteiger partial charge is 0.493 e. The molecule has 19 heavy (non-hydrogen) atoms. The van der Waals surface area contributed by atoms with Gasteiger partial charge in [-0.15, -0.1) is 0 Å². The van der Waals surface area contributed by atoms with E-state index in [1.54, 1.807) is 6.07 Å². The predicted molar refractivity (Wildman–Crippen MR) is 79.9 cm³/mol. The molecule has 3 heteroatoms. The molecule has 2 aromatic rings. The average Bonchev–Trinajstić information content (AvgIpc) is 2.38. The van der Waals surface area contributed by atoms with Crippen LogP contribution in [0.1, 0.15) is 28.4 Å². The van der Waals surface area contributed by atoms with E-state index < -0.39 is 0 Å². The van der Waals surface area contributed by atoms with Crippen LogP contribution in [0.25, 0.3) is 0 Å². The van der Waals surface area contributed by atoms with E-state index in [0.29, 0.717) is 23.5 Å². The van der Waals surface area contributed by atoms with E-state index in [4.69, 9.17) is 4.74 Å². The summed E-state index contributed by atoms with van der Waals surface area (Å²) in [5.74, 6) is 0.612. The number of ketones is 1. The number of benzene rings is 2. The minimum absolute atomic E-state index is 0.0200. The van der Waals surface area contributed by atoms with E-state index in [1.807, 2.05) is 50.2 Å². The van der Waals surface area contributed by atoms with Crippen LogP contribution in [-0.4, -0.2) is 12.4 Å². The summed E-state index contributed by atoms with van der Waals surface area (Å²) in [4.78, 5) is 12.5. The van der Waals surface area contributed by atoms with E-state index in [2.05, 4.69) is 15.9 Å². The second-order valence-corrected chi connectivity index (χ2v) is 5.19. The Kier molecular flexibility index (Phi) is 4.38. The quantitative estimate of drug-likeness (QED) is 0.782.